The zero-order chi connectivity index (χ0) is 21.4. The second-order valence-electron chi connectivity index (χ2n) is 5.73. The third kappa shape index (κ3) is 7.45. The number of hydrogen-bond donors (Lipinski definition) is 2. The molecule has 7 nitrogen and oxygen atoms in total. The Morgan fingerprint density at radius 2 is 1.48 bits per heavy atom. The third-order valence-corrected chi connectivity index (χ3v) is 4.36. The fraction of sp³-hybridized carbons (Fsp3) is 0.211. The van der Waals surface area contributed by atoms with Crippen molar-refractivity contribution in [2.45, 2.75) is 12.8 Å². The number of carbonyl (C=O) groups excluding carboxylic acids is 3. The van der Waals surface area contributed by atoms with Gasteiger partial charge in [-0.25, -0.2) is 0 Å². The topological polar surface area (TPSA) is 93.7 Å². The minimum absolute atomic E-state index is 0.143. The quantitative estimate of drug-likeness (QED) is 0.565. The highest BCUT2D eigenvalue weighted by atomic mass is 35.5. The summed E-state index contributed by atoms with van der Waals surface area (Å²) in [5.74, 6) is -1.29. The SMILES string of the molecule is COc1ccc(Cl)cc1NC(=O)CCC(=O)OCC(=O)Nc1cc(Cl)ccc1Cl. The summed E-state index contributed by atoms with van der Waals surface area (Å²) in [6.07, 6.45) is -0.351. The first kappa shape index (κ1) is 22.8. The molecule has 154 valence electrons. The van der Waals surface area contributed by atoms with E-state index in [-0.39, 0.29) is 12.8 Å². The van der Waals surface area contributed by atoms with E-state index in [2.05, 4.69) is 10.6 Å². The molecule has 0 aromatic heterocycles. The molecule has 2 N–H and O–H groups in total. The van der Waals surface area contributed by atoms with E-state index in [0.29, 0.717) is 32.2 Å². The molecule has 0 unspecified atom stereocenters. The number of amides is 2. The van der Waals surface area contributed by atoms with Crippen molar-refractivity contribution in [2.24, 2.45) is 0 Å². The maximum Gasteiger partial charge on any atom is 0.306 e. The molecule has 0 heterocycles. The second-order valence-corrected chi connectivity index (χ2v) is 7.01. The number of nitrogens with one attached hydrogen (secondary N) is 2. The summed E-state index contributed by atoms with van der Waals surface area (Å²) in [4.78, 5) is 35.7. The fourth-order valence-electron chi connectivity index (χ4n) is 2.20. The number of carbonyl (C=O) groups is 3. The van der Waals surface area contributed by atoms with Crippen LogP contribution in [0.3, 0.4) is 0 Å². The van der Waals surface area contributed by atoms with Crippen molar-refractivity contribution >= 4 is 64.0 Å². The van der Waals surface area contributed by atoms with Crippen LogP contribution in [0.1, 0.15) is 12.8 Å². The monoisotopic (exact) mass is 458 g/mol. The van der Waals surface area contributed by atoms with E-state index < -0.39 is 24.4 Å². The Labute approximate surface area is 182 Å². The van der Waals surface area contributed by atoms with Gasteiger partial charge in [-0.15, -0.1) is 0 Å². The highest BCUT2D eigenvalue weighted by Crippen LogP contribution is 2.28. The van der Waals surface area contributed by atoms with Crippen molar-refractivity contribution in [1.82, 2.24) is 0 Å². The van der Waals surface area contributed by atoms with Crippen LogP contribution in [-0.4, -0.2) is 31.5 Å². The maximum atomic E-state index is 12.0. The van der Waals surface area contributed by atoms with Gasteiger partial charge in [0.15, 0.2) is 6.61 Å². The van der Waals surface area contributed by atoms with Crippen LogP contribution in [0.25, 0.3) is 0 Å². The Morgan fingerprint density at radius 1 is 0.862 bits per heavy atom. The van der Waals surface area contributed by atoms with Crippen LogP contribution in [0.5, 0.6) is 5.75 Å². The van der Waals surface area contributed by atoms with Crippen LogP contribution in [0.15, 0.2) is 36.4 Å². The molecule has 0 fully saturated rings. The molecule has 0 aliphatic rings. The number of rotatable bonds is 8. The normalized spacial score (nSPS) is 10.2. The van der Waals surface area contributed by atoms with Crippen molar-refractivity contribution in [3.63, 3.8) is 0 Å². The summed E-state index contributed by atoms with van der Waals surface area (Å²) in [7, 11) is 1.46. The summed E-state index contributed by atoms with van der Waals surface area (Å²) >= 11 is 17.7. The lowest BCUT2D eigenvalue weighted by Gasteiger charge is -2.11. The average Bonchev–Trinajstić information content (AvgIpc) is 2.68. The van der Waals surface area contributed by atoms with Crippen molar-refractivity contribution in [1.29, 1.82) is 0 Å². The zero-order valence-corrected chi connectivity index (χ0v) is 17.5. The van der Waals surface area contributed by atoms with Gasteiger partial charge < -0.3 is 20.1 Å². The molecule has 0 radical (unpaired) electrons. The van der Waals surface area contributed by atoms with Gasteiger partial charge >= 0.3 is 5.97 Å². The number of anilines is 2. The number of hydrogen-bond acceptors (Lipinski definition) is 5. The lowest BCUT2D eigenvalue weighted by Crippen LogP contribution is -2.22. The van der Waals surface area contributed by atoms with Crippen LogP contribution < -0.4 is 15.4 Å². The Morgan fingerprint density at radius 3 is 2.17 bits per heavy atom. The van der Waals surface area contributed by atoms with E-state index >= 15 is 0 Å². The molecular weight excluding hydrogens is 443 g/mol. The lowest BCUT2D eigenvalue weighted by molar-refractivity contribution is -0.147. The van der Waals surface area contributed by atoms with Gasteiger partial charge in [-0.3, -0.25) is 14.4 Å². The van der Waals surface area contributed by atoms with Gasteiger partial charge in [0.25, 0.3) is 5.91 Å². The van der Waals surface area contributed by atoms with Crippen LogP contribution in [0, 0.1) is 0 Å². The summed E-state index contributed by atoms with van der Waals surface area (Å²) in [6.45, 7) is -0.522. The number of benzene rings is 2. The highest BCUT2D eigenvalue weighted by molar-refractivity contribution is 6.35. The lowest BCUT2D eigenvalue weighted by atomic mass is 10.2. The van der Waals surface area contributed by atoms with E-state index in [4.69, 9.17) is 44.3 Å². The first-order valence-electron chi connectivity index (χ1n) is 8.32. The second kappa shape index (κ2) is 10.9. The van der Waals surface area contributed by atoms with Crippen LogP contribution in [0.4, 0.5) is 11.4 Å². The van der Waals surface area contributed by atoms with Crippen LogP contribution in [0.2, 0.25) is 15.1 Å². The molecule has 29 heavy (non-hydrogen) atoms. The molecule has 0 saturated heterocycles. The first-order valence-corrected chi connectivity index (χ1v) is 9.46. The Bertz CT molecular complexity index is 921. The average molecular weight is 460 g/mol. The fourth-order valence-corrected chi connectivity index (χ4v) is 2.71. The van der Waals surface area contributed by atoms with Gasteiger partial charge in [-0.05, 0) is 36.4 Å². The highest BCUT2D eigenvalue weighted by Gasteiger charge is 2.13. The smallest absolute Gasteiger partial charge is 0.306 e. The van der Waals surface area contributed by atoms with E-state index in [1.165, 1.54) is 25.3 Å². The molecular formula is C19H17Cl3N2O5. The zero-order valence-electron chi connectivity index (χ0n) is 15.3. The predicted molar refractivity (Wildman–Crippen MR) is 112 cm³/mol. The number of halogens is 3. The van der Waals surface area contributed by atoms with Crippen LogP contribution >= 0.6 is 34.8 Å². The Hall–Kier alpha value is -2.48. The molecule has 0 aliphatic heterocycles. The van der Waals surface area contributed by atoms with E-state index in [9.17, 15) is 14.4 Å². The molecule has 0 saturated carbocycles. The summed E-state index contributed by atoms with van der Waals surface area (Å²) in [5.41, 5.74) is 0.686. The summed E-state index contributed by atoms with van der Waals surface area (Å²) in [5, 5.41) is 6.20. The van der Waals surface area contributed by atoms with Crippen molar-refractivity contribution in [2.75, 3.05) is 24.4 Å². The van der Waals surface area contributed by atoms with Crippen LogP contribution in [-0.2, 0) is 19.1 Å². The van der Waals surface area contributed by atoms with E-state index in [1.54, 1.807) is 18.2 Å². The number of ether oxygens (including phenoxy) is 2. The summed E-state index contributed by atoms with van der Waals surface area (Å²) in [6, 6.07) is 9.33. The van der Waals surface area contributed by atoms with E-state index in [1.807, 2.05) is 0 Å². The molecule has 2 rings (SSSR count). The van der Waals surface area contributed by atoms with Crippen molar-refractivity contribution in [3.8, 4) is 5.75 Å². The predicted octanol–water partition coefficient (Wildman–Crippen LogP) is 4.56. The molecule has 2 aromatic carbocycles. The van der Waals surface area contributed by atoms with Gasteiger partial charge in [0.05, 0.1) is 29.9 Å². The van der Waals surface area contributed by atoms with Gasteiger partial charge in [0.2, 0.25) is 5.91 Å². The maximum absolute atomic E-state index is 12.0. The minimum atomic E-state index is -0.703. The van der Waals surface area contributed by atoms with Crippen molar-refractivity contribution in [3.05, 3.63) is 51.5 Å². The van der Waals surface area contributed by atoms with Gasteiger partial charge in [-0.2, -0.15) is 0 Å². The van der Waals surface area contributed by atoms with Gasteiger partial charge in [0, 0.05) is 16.5 Å². The Balaban J connectivity index is 1.76. The molecule has 2 amide bonds. The standard InChI is InChI=1S/C19H17Cl3N2O5/c1-28-16-5-3-12(21)9-15(16)24-17(25)6-7-19(27)29-10-18(26)23-14-8-11(20)2-4-13(14)22/h2-5,8-9H,6-7,10H2,1H3,(H,23,26)(H,24,25). The largest absolute Gasteiger partial charge is 0.495 e. The molecule has 0 bridgehead atoms. The number of esters is 1. The molecule has 10 heteroatoms. The molecule has 0 aliphatic carbocycles. The van der Waals surface area contributed by atoms with Crippen molar-refractivity contribution < 1.29 is 23.9 Å². The van der Waals surface area contributed by atoms with Gasteiger partial charge in [0.1, 0.15) is 5.75 Å². The minimum Gasteiger partial charge on any atom is -0.495 e. The van der Waals surface area contributed by atoms with Gasteiger partial charge in [-0.1, -0.05) is 34.8 Å². The Kier molecular flexibility index (Phi) is 8.57. The summed E-state index contributed by atoms with van der Waals surface area (Å²) < 4.78 is 9.99. The molecule has 0 atom stereocenters. The van der Waals surface area contributed by atoms with E-state index in [0.717, 1.165) is 0 Å². The molecule has 0 spiro atoms. The third-order valence-electron chi connectivity index (χ3n) is 3.56. The first-order chi connectivity index (χ1) is 13.8. The molecule has 2 aromatic rings. The number of methoxy groups -OCH3 is 1.